The van der Waals surface area contributed by atoms with E-state index in [2.05, 4.69) is 24.1 Å². The van der Waals surface area contributed by atoms with Crippen molar-refractivity contribution < 1.29 is 4.39 Å². The summed E-state index contributed by atoms with van der Waals surface area (Å²) in [5.41, 5.74) is 0.997. The molecular formula is C15H22ClFN2. The van der Waals surface area contributed by atoms with Crippen LogP contribution >= 0.6 is 11.6 Å². The molecular weight excluding hydrogens is 263 g/mol. The van der Waals surface area contributed by atoms with Crippen molar-refractivity contribution in [2.24, 2.45) is 5.92 Å². The maximum atomic E-state index is 13.6. The van der Waals surface area contributed by atoms with Crippen LogP contribution in [-0.4, -0.2) is 31.1 Å². The monoisotopic (exact) mass is 284 g/mol. The number of nitrogens with one attached hydrogen (secondary N) is 1. The van der Waals surface area contributed by atoms with Crippen LogP contribution in [0.2, 0.25) is 5.02 Å². The van der Waals surface area contributed by atoms with Gasteiger partial charge >= 0.3 is 0 Å². The maximum Gasteiger partial charge on any atom is 0.125 e. The molecule has 1 fully saturated rings. The molecule has 1 saturated heterocycles. The molecule has 1 aromatic rings. The fourth-order valence-corrected chi connectivity index (χ4v) is 3.38. The Labute approximate surface area is 119 Å². The molecule has 19 heavy (non-hydrogen) atoms. The van der Waals surface area contributed by atoms with Crippen molar-refractivity contribution in [3.8, 4) is 0 Å². The average molecular weight is 285 g/mol. The van der Waals surface area contributed by atoms with Gasteiger partial charge in [-0.05, 0) is 70.1 Å². The number of hydrogen-bond donors (Lipinski definition) is 1. The molecule has 0 amide bonds. The minimum Gasteiger partial charge on any atom is -0.319 e. The van der Waals surface area contributed by atoms with Gasteiger partial charge in [-0.25, -0.2) is 4.39 Å². The van der Waals surface area contributed by atoms with E-state index >= 15 is 0 Å². The molecule has 2 atom stereocenters. The van der Waals surface area contributed by atoms with Crippen molar-refractivity contribution in [3.05, 3.63) is 34.6 Å². The third-order valence-electron chi connectivity index (χ3n) is 3.92. The third kappa shape index (κ3) is 3.28. The van der Waals surface area contributed by atoms with Gasteiger partial charge in [-0.2, -0.15) is 0 Å². The molecule has 2 unspecified atom stereocenters. The summed E-state index contributed by atoms with van der Waals surface area (Å²) in [6, 6.07) is 5.60. The Kier molecular flexibility index (Phi) is 4.82. The zero-order valence-corrected chi connectivity index (χ0v) is 12.5. The van der Waals surface area contributed by atoms with Gasteiger partial charge in [0.2, 0.25) is 0 Å². The molecule has 1 aliphatic heterocycles. The summed E-state index contributed by atoms with van der Waals surface area (Å²) in [5, 5.41) is 3.73. The Bertz CT molecular complexity index is 416. The van der Waals surface area contributed by atoms with Gasteiger partial charge in [-0.1, -0.05) is 11.6 Å². The smallest absolute Gasteiger partial charge is 0.125 e. The number of hydrogen-bond acceptors (Lipinski definition) is 2. The molecule has 106 valence electrons. The van der Waals surface area contributed by atoms with Gasteiger partial charge in [-0.15, -0.1) is 0 Å². The number of likely N-dealkylation sites (tertiary alicyclic amines) is 1. The molecule has 1 heterocycles. The quantitative estimate of drug-likeness (QED) is 0.911. The van der Waals surface area contributed by atoms with Crippen molar-refractivity contribution in [3.63, 3.8) is 0 Å². The van der Waals surface area contributed by atoms with Gasteiger partial charge in [0, 0.05) is 17.1 Å². The summed E-state index contributed by atoms with van der Waals surface area (Å²) in [6.45, 7) is 6.39. The largest absolute Gasteiger partial charge is 0.319 e. The second kappa shape index (κ2) is 6.21. The van der Waals surface area contributed by atoms with Gasteiger partial charge in [0.15, 0.2) is 0 Å². The zero-order valence-electron chi connectivity index (χ0n) is 11.8. The first kappa shape index (κ1) is 14.8. The summed E-state index contributed by atoms with van der Waals surface area (Å²) in [4.78, 5) is 2.44. The van der Waals surface area contributed by atoms with Crippen LogP contribution in [0.15, 0.2) is 18.2 Å². The van der Waals surface area contributed by atoms with Crippen molar-refractivity contribution in [2.45, 2.75) is 32.4 Å². The molecule has 0 spiro atoms. The molecule has 2 nitrogen and oxygen atoms in total. The Balaban J connectivity index is 2.34. The number of rotatable bonds is 4. The fourth-order valence-electron chi connectivity index (χ4n) is 3.15. The second-order valence-corrected chi connectivity index (χ2v) is 6.02. The zero-order chi connectivity index (χ0) is 14.0. The molecule has 1 aromatic carbocycles. The van der Waals surface area contributed by atoms with E-state index in [1.807, 2.05) is 13.1 Å². The maximum absolute atomic E-state index is 13.6. The van der Waals surface area contributed by atoms with Gasteiger partial charge < -0.3 is 5.32 Å². The van der Waals surface area contributed by atoms with E-state index in [-0.39, 0.29) is 11.9 Å². The minimum atomic E-state index is -0.249. The molecule has 1 aliphatic rings. The molecule has 0 aromatic heterocycles. The standard InChI is InChI=1S/C15H22ClFN2/c1-10(2)19-5-4-11(9-18-3)15(19)12-6-13(16)8-14(17)7-12/h6-8,10-11,15,18H,4-5,9H2,1-3H3. The second-order valence-electron chi connectivity index (χ2n) is 5.59. The lowest BCUT2D eigenvalue weighted by atomic mass is 9.93. The highest BCUT2D eigenvalue weighted by Crippen LogP contribution is 2.39. The molecule has 2 rings (SSSR count). The third-order valence-corrected chi connectivity index (χ3v) is 4.14. The van der Waals surface area contributed by atoms with E-state index < -0.39 is 0 Å². The van der Waals surface area contributed by atoms with E-state index in [1.165, 1.54) is 6.07 Å². The average Bonchev–Trinajstić information content (AvgIpc) is 2.72. The summed E-state index contributed by atoms with van der Waals surface area (Å²) < 4.78 is 13.6. The van der Waals surface area contributed by atoms with E-state index in [0.29, 0.717) is 17.0 Å². The van der Waals surface area contributed by atoms with Crippen molar-refractivity contribution in [2.75, 3.05) is 20.1 Å². The first-order valence-electron chi connectivity index (χ1n) is 6.89. The van der Waals surface area contributed by atoms with Crippen LogP contribution in [-0.2, 0) is 0 Å². The highest BCUT2D eigenvalue weighted by Gasteiger charge is 2.36. The summed E-state index contributed by atoms with van der Waals surface area (Å²) in [7, 11) is 1.97. The number of nitrogens with zero attached hydrogens (tertiary/aromatic N) is 1. The summed E-state index contributed by atoms with van der Waals surface area (Å²) in [5.74, 6) is 0.256. The first-order valence-corrected chi connectivity index (χ1v) is 7.27. The van der Waals surface area contributed by atoms with E-state index in [0.717, 1.165) is 25.1 Å². The number of benzene rings is 1. The lowest BCUT2D eigenvalue weighted by molar-refractivity contribution is 0.182. The topological polar surface area (TPSA) is 15.3 Å². The molecule has 0 saturated carbocycles. The van der Waals surface area contributed by atoms with Gasteiger partial charge in [0.25, 0.3) is 0 Å². The lowest BCUT2D eigenvalue weighted by Gasteiger charge is -2.32. The van der Waals surface area contributed by atoms with Gasteiger partial charge in [0.05, 0.1) is 0 Å². The highest BCUT2D eigenvalue weighted by molar-refractivity contribution is 6.30. The summed E-state index contributed by atoms with van der Waals surface area (Å²) >= 11 is 6.01. The molecule has 4 heteroatoms. The van der Waals surface area contributed by atoms with Crippen LogP contribution < -0.4 is 5.32 Å². The van der Waals surface area contributed by atoms with Gasteiger partial charge in [-0.3, -0.25) is 4.90 Å². The lowest BCUT2D eigenvalue weighted by Crippen LogP contribution is -2.34. The normalized spacial score (nSPS) is 24.3. The predicted octanol–water partition coefficient (Wildman–Crippen LogP) is 3.47. The van der Waals surface area contributed by atoms with Crippen LogP contribution in [0.4, 0.5) is 4.39 Å². The first-order chi connectivity index (χ1) is 9.02. The molecule has 1 N–H and O–H groups in total. The van der Waals surface area contributed by atoms with Crippen LogP contribution in [0.3, 0.4) is 0 Å². The van der Waals surface area contributed by atoms with Crippen molar-refractivity contribution >= 4 is 11.6 Å². The van der Waals surface area contributed by atoms with Gasteiger partial charge in [0.1, 0.15) is 5.82 Å². The van der Waals surface area contributed by atoms with Crippen molar-refractivity contribution in [1.82, 2.24) is 10.2 Å². The Morgan fingerprint density at radius 1 is 1.42 bits per heavy atom. The van der Waals surface area contributed by atoms with Crippen LogP contribution in [0, 0.1) is 11.7 Å². The predicted molar refractivity (Wildman–Crippen MR) is 78.0 cm³/mol. The Hall–Kier alpha value is -0.640. The van der Waals surface area contributed by atoms with Crippen LogP contribution in [0.25, 0.3) is 0 Å². The molecule has 0 radical (unpaired) electrons. The number of halogens is 2. The highest BCUT2D eigenvalue weighted by atomic mass is 35.5. The Morgan fingerprint density at radius 3 is 2.74 bits per heavy atom. The Morgan fingerprint density at radius 2 is 2.16 bits per heavy atom. The van der Waals surface area contributed by atoms with Crippen LogP contribution in [0.1, 0.15) is 31.9 Å². The minimum absolute atomic E-state index is 0.249. The summed E-state index contributed by atoms with van der Waals surface area (Å²) in [6.07, 6.45) is 1.14. The van der Waals surface area contributed by atoms with E-state index in [9.17, 15) is 4.39 Å². The SMILES string of the molecule is CNCC1CCN(C(C)C)C1c1cc(F)cc(Cl)c1. The molecule has 0 bridgehead atoms. The van der Waals surface area contributed by atoms with E-state index in [4.69, 9.17) is 11.6 Å². The van der Waals surface area contributed by atoms with E-state index in [1.54, 1.807) is 6.07 Å². The van der Waals surface area contributed by atoms with Crippen LogP contribution in [0.5, 0.6) is 0 Å². The fraction of sp³-hybridized carbons (Fsp3) is 0.600. The molecule has 0 aliphatic carbocycles. The van der Waals surface area contributed by atoms with Crippen molar-refractivity contribution in [1.29, 1.82) is 0 Å².